The number of nitrogens with one attached hydrogen (secondary N) is 1. The number of hydrogen-bond donors (Lipinski definition) is 1. The highest BCUT2D eigenvalue weighted by atomic mass is 32.2. The fourth-order valence-electron chi connectivity index (χ4n) is 2.49. The van der Waals surface area contributed by atoms with Gasteiger partial charge in [0.2, 0.25) is 0 Å². The Labute approximate surface area is 93.6 Å². The van der Waals surface area contributed by atoms with E-state index < -0.39 is 9.84 Å². The Balaban J connectivity index is 2.40. The molecule has 0 heterocycles. The van der Waals surface area contributed by atoms with Crippen LogP contribution in [0.3, 0.4) is 0 Å². The number of rotatable bonds is 5. The largest absolute Gasteiger partial charge is 0.317 e. The maximum atomic E-state index is 11.1. The lowest BCUT2D eigenvalue weighted by Crippen LogP contribution is -2.36. The van der Waals surface area contributed by atoms with Crippen molar-refractivity contribution in [3.63, 3.8) is 0 Å². The molecule has 0 spiro atoms. The van der Waals surface area contributed by atoms with Crippen molar-refractivity contribution in [2.75, 3.05) is 19.1 Å². The average Bonchev–Trinajstić information content (AvgIpc) is 2.19. The molecule has 1 N–H and O–H groups in total. The van der Waals surface area contributed by atoms with Crippen LogP contribution in [0.4, 0.5) is 0 Å². The third-order valence-electron chi connectivity index (χ3n) is 3.39. The Hall–Kier alpha value is -0.0900. The zero-order valence-corrected chi connectivity index (χ0v) is 10.6. The van der Waals surface area contributed by atoms with E-state index in [9.17, 15) is 8.42 Å². The minimum Gasteiger partial charge on any atom is -0.317 e. The zero-order valence-electron chi connectivity index (χ0n) is 9.83. The molecule has 0 aromatic rings. The highest BCUT2D eigenvalue weighted by molar-refractivity contribution is 7.90. The summed E-state index contributed by atoms with van der Waals surface area (Å²) in [4.78, 5) is 0. The lowest BCUT2D eigenvalue weighted by atomic mass is 9.83. The SMILES string of the molecule is CNC(CCS(C)(=O)=O)C1CCCCC1. The normalized spacial score (nSPS) is 21.5. The van der Waals surface area contributed by atoms with E-state index in [0.29, 0.717) is 17.7 Å². The molecule has 1 atom stereocenters. The first kappa shape index (κ1) is 13.0. The van der Waals surface area contributed by atoms with Gasteiger partial charge in [0.1, 0.15) is 9.84 Å². The highest BCUT2D eigenvalue weighted by Gasteiger charge is 2.22. The molecule has 1 aliphatic carbocycles. The molecule has 4 heteroatoms. The van der Waals surface area contributed by atoms with E-state index in [1.807, 2.05) is 7.05 Å². The number of hydrogen-bond acceptors (Lipinski definition) is 3. The van der Waals surface area contributed by atoms with Gasteiger partial charge in [-0.05, 0) is 32.2 Å². The van der Waals surface area contributed by atoms with Gasteiger partial charge in [-0.15, -0.1) is 0 Å². The van der Waals surface area contributed by atoms with Gasteiger partial charge in [0.05, 0.1) is 5.75 Å². The molecule has 0 aromatic heterocycles. The van der Waals surface area contributed by atoms with Crippen LogP contribution in [0.1, 0.15) is 38.5 Å². The van der Waals surface area contributed by atoms with Crippen LogP contribution in [-0.4, -0.2) is 33.5 Å². The van der Waals surface area contributed by atoms with Crippen LogP contribution >= 0.6 is 0 Å². The van der Waals surface area contributed by atoms with Crippen molar-refractivity contribution in [3.8, 4) is 0 Å². The van der Waals surface area contributed by atoms with Crippen molar-refractivity contribution in [3.05, 3.63) is 0 Å². The lowest BCUT2D eigenvalue weighted by molar-refractivity contribution is 0.273. The van der Waals surface area contributed by atoms with Gasteiger partial charge in [-0.3, -0.25) is 0 Å². The topological polar surface area (TPSA) is 46.2 Å². The summed E-state index contributed by atoms with van der Waals surface area (Å²) in [5.74, 6) is 1.00. The molecular weight excluding hydrogens is 210 g/mol. The summed E-state index contributed by atoms with van der Waals surface area (Å²) in [5.41, 5.74) is 0. The van der Waals surface area contributed by atoms with E-state index in [0.717, 1.165) is 6.42 Å². The third kappa shape index (κ3) is 4.98. The molecule has 0 bridgehead atoms. The van der Waals surface area contributed by atoms with E-state index >= 15 is 0 Å². The molecule has 3 nitrogen and oxygen atoms in total. The summed E-state index contributed by atoms with van der Waals surface area (Å²) in [6.45, 7) is 0. The first-order valence-corrected chi connectivity index (χ1v) is 7.94. The van der Waals surface area contributed by atoms with Gasteiger partial charge in [0.15, 0.2) is 0 Å². The van der Waals surface area contributed by atoms with Gasteiger partial charge in [0.25, 0.3) is 0 Å². The van der Waals surface area contributed by atoms with E-state index in [1.54, 1.807) is 0 Å². The summed E-state index contributed by atoms with van der Waals surface area (Å²) < 4.78 is 22.2. The molecule has 0 aromatic carbocycles. The average molecular weight is 233 g/mol. The van der Waals surface area contributed by atoms with Crippen molar-refractivity contribution >= 4 is 9.84 Å². The van der Waals surface area contributed by atoms with Gasteiger partial charge >= 0.3 is 0 Å². The second kappa shape index (κ2) is 5.85. The lowest BCUT2D eigenvalue weighted by Gasteiger charge is -2.29. The van der Waals surface area contributed by atoms with Crippen molar-refractivity contribution in [1.29, 1.82) is 0 Å². The van der Waals surface area contributed by atoms with Crippen LogP contribution in [-0.2, 0) is 9.84 Å². The van der Waals surface area contributed by atoms with Crippen LogP contribution < -0.4 is 5.32 Å². The summed E-state index contributed by atoms with van der Waals surface area (Å²) in [5, 5.41) is 3.28. The van der Waals surface area contributed by atoms with Crippen LogP contribution in [0.25, 0.3) is 0 Å². The second-order valence-corrected chi connectivity index (χ2v) is 6.97. The minimum absolute atomic E-state index is 0.314. The molecule has 0 aliphatic heterocycles. The van der Waals surface area contributed by atoms with Crippen LogP contribution in [0.2, 0.25) is 0 Å². The molecular formula is C11H23NO2S. The predicted molar refractivity (Wildman–Crippen MR) is 63.8 cm³/mol. The standard InChI is InChI=1S/C11H23NO2S/c1-12-11(8-9-15(2,13)14)10-6-4-3-5-7-10/h10-12H,3-9H2,1-2H3. The van der Waals surface area contributed by atoms with Crippen LogP contribution in [0.5, 0.6) is 0 Å². The first-order valence-electron chi connectivity index (χ1n) is 5.88. The first-order chi connectivity index (χ1) is 7.03. The quantitative estimate of drug-likeness (QED) is 0.784. The Bertz CT molecular complexity index is 268. The summed E-state index contributed by atoms with van der Waals surface area (Å²) in [7, 11) is -0.862. The molecule has 0 saturated heterocycles. The summed E-state index contributed by atoms with van der Waals surface area (Å²) in [6, 6.07) is 0.389. The van der Waals surface area contributed by atoms with Crippen molar-refractivity contribution in [1.82, 2.24) is 5.32 Å². The minimum atomic E-state index is -2.81. The fourth-order valence-corrected chi connectivity index (χ4v) is 3.18. The van der Waals surface area contributed by atoms with E-state index in [2.05, 4.69) is 5.32 Å². The van der Waals surface area contributed by atoms with Crippen molar-refractivity contribution in [2.45, 2.75) is 44.6 Å². The van der Waals surface area contributed by atoms with Gasteiger partial charge < -0.3 is 5.32 Å². The molecule has 15 heavy (non-hydrogen) atoms. The van der Waals surface area contributed by atoms with Gasteiger partial charge in [0, 0.05) is 12.3 Å². The van der Waals surface area contributed by atoms with Crippen LogP contribution in [0, 0.1) is 5.92 Å². The molecule has 90 valence electrons. The molecule has 1 rings (SSSR count). The Morgan fingerprint density at radius 3 is 2.33 bits per heavy atom. The Morgan fingerprint density at radius 1 is 1.27 bits per heavy atom. The molecule has 0 amide bonds. The van der Waals surface area contributed by atoms with Gasteiger partial charge in [-0.2, -0.15) is 0 Å². The van der Waals surface area contributed by atoms with E-state index in [-0.39, 0.29) is 0 Å². The molecule has 1 saturated carbocycles. The predicted octanol–water partition coefficient (Wildman–Crippen LogP) is 1.59. The van der Waals surface area contributed by atoms with E-state index in [4.69, 9.17) is 0 Å². The zero-order chi connectivity index (χ0) is 11.3. The molecule has 0 radical (unpaired) electrons. The molecule has 1 fully saturated rings. The van der Waals surface area contributed by atoms with E-state index in [1.165, 1.54) is 38.4 Å². The summed E-state index contributed by atoms with van der Waals surface area (Å²) >= 11 is 0. The summed E-state index contributed by atoms with van der Waals surface area (Å²) in [6.07, 6.45) is 8.56. The van der Waals surface area contributed by atoms with Crippen molar-refractivity contribution < 1.29 is 8.42 Å². The monoisotopic (exact) mass is 233 g/mol. The van der Waals surface area contributed by atoms with Crippen LogP contribution in [0.15, 0.2) is 0 Å². The maximum absolute atomic E-state index is 11.1. The second-order valence-electron chi connectivity index (χ2n) is 4.71. The van der Waals surface area contributed by atoms with Gasteiger partial charge in [-0.1, -0.05) is 19.3 Å². The molecule has 1 unspecified atom stereocenters. The Morgan fingerprint density at radius 2 is 1.87 bits per heavy atom. The number of sulfone groups is 1. The maximum Gasteiger partial charge on any atom is 0.147 e. The third-order valence-corrected chi connectivity index (χ3v) is 4.37. The smallest absolute Gasteiger partial charge is 0.147 e. The fraction of sp³-hybridized carbons (Fsp3) is 1.00. The highest BCUT2D eigenvalue weighted by Crippen LogP contribution is 2.27. The Kier molecular flexibility index (Phi) is 5.06. The molecule has 1 aliphatic rings. The van der Waals surface area contributed by atoms with Crippen molar-refractivity contribution in [2.24, 2.45) is 5.92 Å². The van der Waals surface area contributed by atoms with Gasteiger partial charge in [-0.25, -0.2) is 8.42 Å².